The van der Waals surface area contributed by atoms with Crippen LogP contribution in [0.4, 0.5) is 10.6 Å². The van der Waals surface area contributed by atoms with Crippen molar-refractivity contribution in [3.63, 3.8) is 0 Å². The summed E-state index contributed by atoms with van der Waals surface area (Å²) >= 11 is 5.08. The van der Waals surface area contributed by atoms with Gasteiger partial charge in [-0.1, -0.05) is 0 Å². The van der Waals surface area contributed by atoms with E-state index in [1.807, 2.05) is 0 Å². The largest absolute Gasteiger partial charge is 0.413 e. The Morgan fingerprint density at radius 3 is 2.75 bits per heavy atom. The van der Waals surface area contributed by atoms with Gasteiger partial charge in [0.05, 0.1) is 19.4 Å². The smallest absolute Gasteiger partial charge is 0.409 e. The Morgan fingerprint density at radius 1 is 1.44 bits per heavy atom. The maximum absolute atomic E-state index is 10.5. The molecule has 1 aliphatic rings. The summed E-state index contributed by atoms with van der Waals surface area (Å²) in [6.07, 6.45) is 1.48. The van der Waals surface area contributed by atoms with E-state index in [1.54, 1.807) is 12.1 Å². The fraction of sp³-hybridized carbons (Fsp3) is 0.400. The van der Waals surface area contributed by atoms with Crippen LogP contribution >= 0.6 is 11.6 Å². The van der Waals surface area contributed by atoms with Gasteiger partial charge in [-0.3, -0.25) is 0 Å². The SMILES string of the molecule is O=C(Cl)Oc1ccc(N2CCOCC2)nc1. The Kier molecular flexibility index (Phi) is 3.58. The van der Waals surface area contributed by atoms with E-state index in [0.717, 1.165) is 18.9 Å². The van der Waals surface area contributed by atoms with E-state index in [2.05, 4.69) is 14.6 Å². The molecule has 0 aliphatic carbocycles. The molecule has 1 aromatic rings. The van der Waals surface area contributed by atoms with Crippen molar-refractivity contribution in [1.29, 1.82) is 0 Å². The number of hydrogen-bond acceptors (Lipinski definition) is 5. The van der Waals surface area contributed by atoms with Gasteiger partial charge in [-0.15, -0.1) is 0 Å². The molecule has 1 aliphatic heterocycles. The van der Waals surface area contributed by atoms with Crippen molar-refractivity contribution in [3.05, 3.63) is 18.3 Å². The fourth-order valence-electron chi connectivity index (χ4n) is 1.51. The second kappa shape index (κ2) is 5.14. The Bertz CT molecular complexity index is 363. The van der Waals surface area contributed by atoms with E-state index in [4.69, 9.17) is 16.3 Å². The summed E-state index contributed by atoms with van der Waals surface area (Å²) in [7, 11) is 0. The van der Waals surface area contributed by atoms with E-state index < -0.39 is 5.43 Å². The third kappa shape index (κ3) is 2.84. The van der Waals surface area contributed by atoms with Crippen LogP contribution in [0, 0.1) is 0 Å². The number of aromatic nitrogens is 1. The summed E-state index contributed by atoms with van der Waals surface area (Å²) in [6, 6.07) is 3.46. The minimum Gasteiger partial charge on any atom is -0.413 e. The average Bonchev–Trinajstić information content (AvgIpc) is 2.30. The molecule has 6 heteroatoms. The number of carbonyl (C=O) groups excluding carboxylic acids is 1. The number of ether oxygens (including phenoxy) is 2. The van der Waals surface area contributed by atoms with Gasteiger partial charge >= 0.3 is 5.43 Å². The highest BCUT2D eigenvalue weighted by Gasteiger charge is 2.12. The van der Waals surface area contributed by atoms with Gasteiger partial charge in [0.25, 0.3) is 0 Å². The molecule has 0 N–H and O–H groups in total. The van der Waals surface area contributed by atoms with Gasteiger partial charge in [-0.2, -0.15) is 0 Å². The highest BCUT2D eigenvalue weighted by atomic mass is 35.5. The minimum atomic E-state index is -0.860. The number of halogens is 1. The van der Waals surface area contributed by atoms with E-state index in [1.165, 1.54) is 6.20 Å². The van der Waals surface area contributed by atoms with Gasteiger partial charge in [-0.25, -0.2) is 9.78 Å². The molecule has 0 spiro atoms. The van der Waals surface area contributed by atoms with Crippen LogP contribution in [0.3, 0.4) is 0 Å². The lowest BCUT2D eigenvalue weighted by molar-refractivity contribution is 0.122. The molecule has 0 radical (unpaired) electrons. The van der Waals surface area contributed by atoms with Crippen LogP contribution in [0.1, 0.15) is 0 Å². The van der Waals surface area contributed by atoms with Crippen LogP contribution < -0.4 is 9.64 Å². The molecule has 0 bridgehead atoms. The van der Waals surface area contributed by atoms with Gasteiger partial charge in [0.15, 0.2) is 5.75 Å². The lowest BCUT2D eigenvalue weighted by Gasteiger charge is -2.27. The zero-order valence-electron chi connectivity index (χ0n) is 8.56. The zero-order chi connectivity index (χ0) is 11.4. The average molecular weight is 243 g/mol. The molecule has 16 heavy (non-hydrogen) atoms. The molecule has 5 nitrogen and oxygen atoms in total. The third-order valence-electron chi connectivity index (χ3n) is 2.25. The normalized spacial score (nSPS) is 15.9. The Morgan fingerprint density at radius 2 is 2.19 bits per heavy atom. The Balaban J connectivity index is 2.03. The number of anilines is 1. The first-order valence-corrected chi connectivity index (χ1v) is 5.29. The molecule has 1 saturated heterocycles. The highest BCUT2D eigenvalue weighted by molar-refractivity contribution is 6.61. The predicted octanol–water partition coefficient (Wildman–Crippen LogP) is 1.66. The lowest BCUT2D eigenvalue weighted by Crippen LogP contribution is -2.36. The fourth-order valence-corrected chi connectivity index (χ4v) is 1.59. The highest BCUT2D eigenvalue weighted by Crippen LogP contribution is 2.17. The zero-order valence-corrected chi connectivity index (χ0v) is 9.31. The monoisotopic (exact) mass is 242 g/mol. The van der Waals surface area contributed by atoms with Crippen molar-refractivity contribution < 1.29 is 14.3 Å². The topological polar surface area (TPSA) is 51.7 Å². The van der Waals surface area contributed by atoms with Gasteiger partial charge in [0.2, 0.25) is 0 Å². The maximum Gasteiger partial charge on any atom is 0.409 e. The predicted molar refractivity (Wildman–Crippen MR) is 59.1 cm³/mol. The minimum absolute atomic E-state index is 0.344. The molecule has 1 aromatic heterocycles. The first kappa shape index (κ1) is 11.2. The molecule has 0 aromatic carbocycles. The summed E-state index contributed by atoms with van der Waals surface area (Å²) in [6.45, 7) is 3.06. The number of rotatable bonds is 2. The summed E-state index contributed by atoms with van der Waals surface area (Å²) in [5, 5.41) is 0. The second-order valence-corrected chi connectivity index (χ2v) is 3.60. The van der Waals surface area contributed by atoms with E-state index in [9.17, 15) is 4.79 Å². The van der Waals surface area contributed by atoms with Crippen molar-refractivity contribution in [2.24, 2.45) is 0 Å². The van der Waals surface area contributed by atoms with Gasteiger partial charge in [0, 0.05) is 24.7 Å². The molecular formula is C10H11ClN2O3. The molecule has 0 atom stereocenters. The summed E-state index contributed by atoms with van der Waals surface area (Å²) in [4.78, 5) is 16.8. The van der Waals surface area contributed by atoms with Crippen LogP contribution in [-0.4, -0.2) is 36.7 Å². The number of pyridine rings is 1. The van der Waals surface area contributed by atoms with Gasteiger partial charge < -0.3 is 14.4 Å². The van der Waals surface area contributed by atoms with Crippen molar-refractivity contribution in [1.82, 2.24) is 4.98 Å². The Hall–Kier alpha value is -1.33. The molecule has 0 unspecified atom stereocenters. The summed E-state index contributed by atoms with van der Waals surface area (Å²) in [5.74, 6) is 1.19. The standard InChI is InChI=1S/C10H11ClN2O3/c11-10(14)16-8-1-2-9(12-7-8)13-3-5-15-6-4-13/h1-2,7H,3-6H2. The van der Waals surface area contributed by atoms with Crippen molar-refractivity contribution in [2.45, 2.75) is 0 Å². The van der Waals surface area contributed by atoms with E-state index in [0.29, 0.717) is 19.0 Å². The molecule has 86 valence electrons. The van der Waals surface area contributed by atoms with Crippen LogP contribution in [-0.2, 0) is 4.74 Å². The Labute approximate surface area is 97.9 Å². The van der Waals surface area contributed by atoms with Crippen molar-refractivity contribution in [3.8, 4) is 5.75 Å². The van der Waals surface area contributed by atoms with E-state index in [-0.39, 0.29) is 0 Å². The van der Waals surface area contributed by atoms with Gasteiger partial charge in [0.1, 0.15) is 5.82 Å². The molecule has 2 rings (SSSR count). The maximum atomic E-state index is 10.5. The molecular weight excluding hydrogens is 232 g/mol. The van der Waals surface area contributed by atoms with E-state index >= 15 is 0 Å². The third-order valence-corrected chi connectivity index (χ3v) is 2.33. The first-order valence-electron chi connectivity index (χ1n) is 4.92. The summed E-state index contributed by atoms with van der Waals surface area (Å²) in [5.41, 5.74) is -0.860. The molecule has 2 heterocycles. The number of nitrogens with zero attached hydrogens (tertiary/aromatic N) is 2. The summed E-state index contributed by atoms with van der Waals surface area (Å²) < 4.78 is 9.92. The van der Waals surface area contributed by atoms with Gasteiger partial charge in [-0.05, 0) is 12.1 Å². The van der Waals surface area contributed by atoms with Crippen LogP contribution in [0.15, 0.2) is 18.3 Å². The lowest BCUT2D eigenvalue weighted by atomic mass is 10.3. The number of morpholine rings is 1. The first-order chi connectivity index (χ1) is 7.75. The quantitative estimate of drug-likeness (QED) is 0.739. The number of hydrogen-bond donors (Lipinski definition) is 0. The van der Waals surface area contributed by atoms with Crippen LogP contribution in [0.25, 0.3) is 0 Å². The second-order valence-electron chi connectivity index (χ2n) is 3.29. The van der Waals surface area contributed by atoms with Crippen LogP contribution in [0.2, 0.25) is 0 Å². The van der Waals surface area contributed by atoms with Crippen molar-refractivity contribution >= 4 is 22.8 Å². The number of carbonyl (C=O) groups is 1. The molecule has 0 saturated carbocycles. The van der Waals surface area contributed by atoms with Crippen molar-refractivity contribution in [2.75, 3.05) is 31.2 Å². The molecule has 0 amide bonds. The molecule has 1 fully saturated rings. The van der Waals surface area contributed by atoms with Crippen LogP contribution in [0.5, 0.6) is 5.75 Å².